The van der Waals surface area contributed by atoms with Crippen LogP contribution in [0.1, 0.15) is 17.9 Å². The van der Waals surface area contributed by atoms with Gasteiger partial charge >= 0.3 is 0 Å². The minimum Gasteiger partial charge on any atom is -0.508 e. The predicted molar refractivity (Wildman–Crippen MR) is 71.5 cm³/mol. The summed E-state index contributed by atoms with van der Waals surface area (Å²) in [7, 11) is -0.980. The van der Waals surface area contributed by atoms with Crippen LogP contribution in [-0.4, -0.2) is 38.6 Å². The van der Waals surface area contributed by atoms with Crippen molar-refractivity contribution < 1.29 is 13.5 Å². The fourth-order valence-electron chi connectivity index (χ4n) is 2.64. The molecule has 1 aliphatic heterocycles. The van der Waals surface area contributed by atoms with Gasteiger partial charge < -0.3 is 10.4 Å². The summed E-state index contributed by atoms with van der Waals surface area (Å²) in [5.74, 6) is 1.18. The maximum absolute atomic E-state index is 11.6. The molecule has 2 N–H and O–H groups in total. The van der Waals surface area contributed by atoms with Crippen LogP contribution in [-0.2, 0) is 9.84 Å². The third-order valence-corrected chi connectivity index (χ3v) is 5.38. The Bertz CT molecular complexity index is 495. The summed E-state index contributed by atoms with van der Waals surface area (Å²) < 4.78 is 23.1. The molecule has 1 saturated heterocycles. The van der Waals surface area contributed by atoms with Gasteiger partial charge in [0.25, 0.3) is 0 Å². The number of likely N-dealkylation sites (N-methyl/N-ethyl adjacent to an activating group) is 1. The molecule has 0 spiro atoms. The number of aromatic hydroxyl groups is 1. The molecule has 1 aliphatic rings. The van der Waals surface area contributed by atoms with Gasteiger partial charge in [0, 0.05) is 12.5 Å². The van der Waals surface area contributed by atoms with Crippen LogP contribution in [0.25, 0.3) is 0 Å². The van der Waals surface area contributed by atoms with Crippen molar-refractivity contribution in [3.05, 3.63) is 29.8 Å². The lowest BCUT2D eigenvalue weighted by Crippen LogP contribution is -2.25. The summed E-state index contributed by atoms with van der Waals surface area (Å²) >= 11 is 0. The Morgan fingerprint density at radius 1 is 1.39 bits per heavy atom. The summed E-state index contributed by atoms with van der Waals surface area (Å²) in [6.45, 7) is 0.755. The average Bonchev–Trinajstić information content (AvgIpc) is 2.68. The standard InChI is InChI=1S/C13H19NO3S/c1-14-8-13(10-2-4-12(15)5-3-10)11-6-7-18(16,17)9-11/h2-5,11,13-15H,6-9H2,1H3. The highest BCUT2D eigenvalue weighted by molar-refractivity contribution is 7.91. The second kappa shape index (κ2) is 5.28. The first-order valence-electron chi connectivity index (χ1n) is 6.16. The van der Waals surface area contributed by atoms with Crippen molar-refractivity contribution in [3.8, 4) is 5.75 Å². The van der Waals surface area contributed by atoms with Crippen LogP contribution >= 0.6 is 0 Å². The second-order valence-corrected chi connectivity index (χ2v) is 7.15. The van der Waals surface area contributed by atoms with Crippen LogP contribution in [0.2, 0.25) is 0 Å². The van der Waals surface area contributed by atoms with E-state index in [0.717, 1.165) is 18.5 Å². The van der Waals surface area contributed by atoms with Crippen LogP contribution in [0.3, 0.4) is 0 Å². The monoisotopic (exact) mass is 269 g/mol. The Hall–Kier alpha value is -1.07. The first-order chi connectivity index (χ1) is 8.52. The van der Waals surface area contributed by atoms with Crippen LogP contribution in [0, 0.1) is 5.92 Å². The van der Waals surface area contributed by atoms with E-state index in [2.05, 4.69) is 5.32 Å². The van der Waals surface area contributed by atoms with Crippen molar-refractivity contribution in [1.29, 1.82) is 0 Å². The fourth-order valence-corrected chi connectivity index (χ4v) is 4.52. The topological polar surface area (TPSA) is 66.4 Å². The van der Waals surface area contributed by atoms with Crippen LogP contribution < -0.4 is 5.32 Å². The molecular formula is C13H19NO3S. The van der Waals surface area contributed by atoms with Gasteiger partial charge in [-0.2, -0.15) is 0 Å². The fraction of sp³-hybridized carbons (Fsp3) is 0.538. The molecule has 0 saturated carbocycles. The van der Waals surface area contributed by atoms with Crippen LogP contribution in [0.5, 0.6) is 5.75 Å². The van der Waals surface area contributed by atoms with Crippen LogP contribution in [0.15, 0.2) is 24.3 Å². The van der Waals surface area contributed by atoms with Crippen molar-refractivity contribution >= 4 is 9.84 Å². The molecule has 5 heteroatoms. The van der Waals surface area contributed by atoms with Crippen molar-refractivity contribution in [2.45, 2.75) is 12.3 Å². The summed E-state index contributed by atoms with van der Waals surface area (Å²) in [5, 5.41) is 12.4. The van der Waals surface area contributed by atoms with Gasteiger partial charge in [0.15, 0.2) is 9.84 Å². The molecule has 1 fully saturated rings. The lowest BCUT2D eigenvalue weighted by molar-refractivity contribution is 0.448. The average molecular weight is 269 g/mol. The molecule has 4 nitrogen and oxygen atoms in total. The minimum atomic E-state index is -2.85. The number of hydrogen-bond acceptors (Lipinski definition) is 4. The van der Waals surface area contributed by atoms with Gasteiger partial charge in [-0.3, -0.25) is 0 Å². The lowest BCUT2D eigenvalue weighted by atomic mass is 9.85. The van der Waals surface area contributed by atoms with Gasteiger partial charge in [-0.15, -0.1) is 0 Å². The summed E-state index contributed by atoms with van der Waals surface area (Å²) in [6.07, 6.45) is 0.732. The molecule has 0 bridgehead atoms. The van der Waals surface area contributed by atoms with Crippen LogP contribution in [0.4, 0.5) is 0 Å². The Labute approximate surface area is 108 Å². The highest BCUT2D eigenvalue weighted by Crippen LogP contribution is 2.33. The third kappa shape index (κ3) is 3.03. The smallest absolute Gasteiger partial charge is 0.150 e. The zero-order valence-electron chi connectivity index (χ0n) is 10.5. The van der Waals surface area contributed by atoms with Gasteiger partial charge in [0.1, 0.15) is 5.75 Å². The number of phenols is 1. The quantitative estimate of drug-likeness (QED) is 0.860. The first kappa shape index (κ1) is 13.4. The van der Waals surface area contributed by atoms with Gasteiger partial charge in [0.05, 0.1) is 11.5 Å². The third-order valence-electron chi connectivity index (χ3n) is 3.58. The highest BCUT2D eigenvalue weighted by Gasteiger charge is 2.33. The number of sulfone groups is 1. The molecule has 0 radical (unpaired) electrons. The van der Waals surface area contributed by atoms with E-state index in [4.69, 9.17) is 0 Å². The summed E-state index contributed by atoms with van der Waals surface area (Å²) in [4.78, 5) is 0. The van der Waals surface area contributed by atoms with Crippen molar-refractivity contribution in [2.24, 2.45) is 5.92 Å². The lowest BCUT2D eigenvalue weighted by Gasteiger charge is -2.22. The van der Waals surface area contributed by atoms with E-state index in [-0.39, 0.29) is 23.3 Å². The molecule has 1 aromatic carbocycles. The number of benzene rings is 1. The Balaban J connectivity index is 2.21. The molecule has 2 rings (SSSR count). The molecule has 2 unspecified atom stereocenters. The maximum atomic E-state index is 11.6. The number of hydrogen-bond donors (Lipinski definition) is 2. The Morgan fingerprint density at radius 2 is 2.06 bits per heavy atom. The van der Waals surface area contributed by atoms with E-state index < -0.39 is 9.84 Å². The highest BCUT2D eigenvalue weighted by atomic mass is 32.2. The van der Waals surface area contributed by atoms with E-state index >= 15 is 0 Å². The molecule has 2 atom stereocenters. The first-order valence-corrected chi connectivity index (χ1v) is 7.98. The molecule has 0 aromatic heterocycles. The molecule has 100 valence electrons. The van der Waals surface area contributed by atoms with Gasteiger partial charge in [-0.1, -0.05) is 12.1 Å². The van der Waals surface area contributed by atoms with Crippen molar-refractivity contribution in [2.75, 3.05) is 25.1 Å². The maximum Gasteiger partial charge on any atom is 0.150 e. The number of phenolic OH excluding ortho intramolecular Hbond substituents is 1. The predicted octanol–water partition coefficient (Wildman–Crippen LogP) is 1.13. The van der Waals surface area contributed by atoms with Gasteiger partial charge in [-0.25, -0.2) is 8.42 Å². The SMILES string of the molecule is CNCC(c1ccc(O)cc1)C1CCS(=O)(=O)C1. The minimum absolute atomic E-state index is 0.173. The molecule has 1 aromatic rings. The zero-order valence-corrected chi connectivity index (χ0v) is 11.3. The molecule has 0 aliphatic carbocycles. The van der Waals surface area contributed by atoms with E-state index in [9.17, 15) is 13.5 Å². The molecule has 0 amide bonds. The van der Waals surface area contributed by atoms with E-state index in [1.807, 2.05) is 19.2 Å². The number of nitrogens with one attached hydrogen (secondary N) is 1. The van der Waals surface area contributed by atoms with E-state index in [1.54, 1.807) is 12.1 Å². The summed E-state index contributed by atoms with van der Waals surface area (Å²) in [6, 6.07) is 7.06. The zero-order chi connectivity index (χ0) is 13.2. The number of rotatable bonds is 4. The van der Waals surface area contributed by atoms with Crippen molar-refractivity contribution in [1.82, 2.24) is 5.32 Å². The van der Waals surface area contributed by atoms with E-state index in [0.29, 0.717) is 5.75 Å². The molecule has 1 heterocycles. The molecular weight excluding hydrogens is 250 g/mol. The molecule has 18 heavy (non-hydrogen) atoms. The van der Waals surface area contributed by atoms with Crippen molar-refractivity contribution in [3.63, 3.8) is 0 Å². The second-order valence-electron chi connectivity index (χ2n) is 4.92. The normalized spacial score (nSPS) is 23.9. The largest absolute Gasteiger partial charge is 0.508 e. The van der Waals surface area contributed by atoms with Gasteiger partial charge in [0.2, 0.25) is 0 Å². The summed E-state index contributed by atoms with van der Waals surface area (Å²) in [5.41, 5.74) is 1.09. The van der Waals surface area contributed by atoms with Gasteiger partial charge in [-0.05, 0) is 37.1 Å². The Morgan fingerprint density at radius 3 is 2.56 bits per heavy atom. The Kier molecular flexibility index (Phi) is 3.92. The van der Waals surface area contributed by atoms with E-state index in [1.165, 1.54) is 0 Å².